The number of benzene rings is 1. The van der Waals surface area contributed by atoms with Crippen LogP contribution < -0.4 is 5.32 Å². The third-order valence-corrected chi connectivity index (χ3v) is 3.84. The Morgan fingerprint density at radius 3 is 2.28 bits per heavy atom. The summed E-state index contributed by atoms with van der Waals surface area (Å²) in [6, 6.07) is 7.92. The Morgan fingerprint density at radius 1 is 1.22 bits per heavy atom. The molecule has 0 spiro atoms. The zero-order valence-electron chi connectivity index (χ0n) is 11.0. The second-order valence-electron chi connectivity index (χ2n) is 4.83. The molecule has 0 bridgehead atoms. The molecule has 102 valence electrons. The van der Waals surface area contributed by atoms with Crippen molar-refractivity contribution in [1.82, 2.24) is 10.2 Å². The van der Waals surface area contributed by atoms with Crippen LogP contribution in [0.2, 0.25) is 0 Å². The summed E-state index contributed by atoms with van der Waals surface area (Å²) in [7, 11) is 2.03. The highest BCUT2D eigenvalue weighted by molar-refractivity contribution is 5.85. The molecule has 0 radical (unpaired) electrons. The van der Waals surface area contributed by atoms with E-state index >= 15 is 0 Å². The van der Waals surface area contributed by atoms with Gasteiger partial charge >= 0.3 is 0 Å². The van der Waals surface area contributed by atoms with Crippen molar-refractivity contribution in [3.63, 3.8) is 0 Å². The molecule has 18 heavy (non-hydrogen) atoms. The van der Waals surface area contributed by atoms with Crippen LogP contribution in [0.4, 0.5) is 4.39 Å². The lowest BCUT2D eigenvalue weighted by Gasteiger charge is -2.36. The molecule has 1 atom stereocenters. The number of nitrogens with zero attached hydrogens (tertiary/aromatic N) is 1. The Morgan fingerprint density at radius 2 is 1.78 bits per heavy atom. The van der Waals surface area contributed by atoms with Gasteiger partial charge in [0.15, 0.2) is 0 Å². The van der Waals surface area contributed by atoms with Gasteiger partial charge in [-0.25, -0.2) is 4.39 Å². The minimum atomic E-state index is -0.158. The SMILES string of the molecule is CNC1CCN(C(C)c2ccc(F)cc2)CC1.Cl. The van der Waals surface area contributed by atoms with E-state index in [-0.39, 0.29) is 18.2 Å². The fourth-order valence-corrected chi connectivity index (χ4v) is 2.53. The van der Waals surface area contributed by atoms with Gasteiger partial charge in [0.2, 0.25) is 0 Å². The highest BCUT2D eigenvalue weighted by Gasteiger charge is 2.22. The van der Waals surface area contributed by atoms with E-state index in [2.05, 4.69) is 17.1 Å². The standard InChI is InChI=1S/C14H21FN2.ClH/c1-11(12-3-5-13(15)6-4-12)17-9-7-14(16-2)8-10-17;/h3-6,11,14,16H,7-10H2,1-2H3;1H. The quantitative estimate of drug-likeness (QED) is 0.910. The predicted octanol–water partition coefficient (Wildman–Crippen LogP) is 2.99. The maximum Gasteiger partial charge on any atom is 0.123 e. The summed E-state index contributed by atoms with van der Waals surface area (Å²) in [5, 5.41) is 3.33. The summed E-state index contributed by atoms with van der Waals surface area (Å²) in [4.78, 5) is 2.47. The van der Waals surface area contributed by atoms with Crippen molar-refractivity contribution in [2.75, 3.05) is 20.1 Å². The van der Waals surface area contributed by atoms with Crippen LogP contribution in [0.3, 0.4) is 0 Å². The van der Waals surface area contributed by atoms with Crippen molar-refractivity contribution in [2.45, 2.75) is 31.8 Å². The molecule has 1 aromatic rings. The number of hydrogen-bond acceptors (Lipinski definition) is 2. The van der Waals surface area contributed by atoms with Crippen molar-refractivity contribution in [1.29, 1.82) is 0 Å². The molecule has 1 saturated heterocycles. The van der Waals surface area contributed by atoms with E-state index < -0.39 is 0 Å². The van der Waals surface area contributed by atoms with Crippen LogP contribution in [0.25, 0.3) is 0 Å². The van der Waals surface area contributed by atoms with Crippen LogP contribution in [0.15, 0.2) is 24.3 Å². The fraction of sp³-hybridized carbons (Fsp3) is 0.571. The third-order valence-electron chi connectivity index (χ3n) is 3.84. The van der Waals surface area contributed by atoms with Crippen LogP contribution >= 0.6 is 12.4 Å². The van der Waals surface area contributed by atoms with Crippen molar-refractivity contribution in [3.05, 3.63) is 35.6 Å². The van der Waals surface area contributed by atoms with Gasteiger partial charge in [0, 0.05) is 25.2 Å². The average Bonchev–Trinajstić information content (AvgIpc) is 2.39. The van der Waals surface area contributed by atoms with Crippen LogP contribution in [0.5, 0.6) is 0 Å². The molecule has 4 heteroatoms. The number of piperidine rings is 1. The molecule has 0 aromatic heterocycles. The van der Waals surface area contributed by atoms with E-state index in [0.29, 0.717) is 12.1 Å². The monoisotopic (exact) mass is 272 g/mol. The first-order valence-electron chi connectivity index (χ1n) is 6.37. The van der Waals surface area contributed by atoms with Gasteiger partial charge in [-0.15, -0.1) is 12.4 Å². The lowest BCUT2D eigenvalue weighted by Crippen LogP contribution is -2.42. The molecule has 0 saturated carbocycles. The summed E-state index contributed by atoms with van der Waals surface area (Å²) in [5.74, 6) is -0.158. The van der Waals surface area contributed by atoms with E-state index in [1.807, 2.05) is 19.2 Å². The zero-order chi connectivity index (χ0) is 12.3. The molecule has 1 fully saturated rings. The van der Waals surface area contributed by atoms with Crippen molar-refractivity contribution < 1.29 is 4.39 Å². The van der Waals surface area contributed by atoms with E-state index in [0.717, 1.165) is 13.1 Å². The van der Waals surface area contributed by atoms with Crippen LogP contribution in [0, 0.1) is 5.82 Å². The summed E-state index contributed by atoms with van der Waals surface area (Å²) in [6.45, 7) is 4.43. The second kappa shape index (κ2) is 7.07. The maximum atomic E-state index is 12.9. The van der Waals surface area contributed by atoms with Crippen LogP contribution in [-0.4, -0.2) is 31.1 Å². The number of hydrogen-bond donors (Lipinski definition) is 1. The first-order valence-corrected chi connectivity index (χ1v) is 6.37. The Labute approximate surface area is 115 Å². The number of nitrogens with one attached hydrogen (secondary N) is 1. The van der Waals surface area contributed by atoms with E-state index in [1.165, 1.54) is 18.4 Å². The second-order valence-corrected chi connectivity index (χ2v) is 4.83. The molecule has 1 unspecified atom stereocenters. The minimum absolute atomic E-state index is 0. The van der Waals surface area contributed by atoms with Crippen LogP contribution in [-0.2, 0) is 0 Å². The van der Waals surface area contributed by atoms with Gasteiger partial charge in [-0.05, 0) is 44.5 Å². The molecule has 0 aliphatic carbocycles. The lowest BCUT2D eigenvalue weighted by atomic mass is 10.0. The highest BCUT2D eigenvalue weighted by Crippen LogP contribution is 2.24. The van der Waals surface area contributed by atoms with E-state index in [9.17, 15) is 4.39 Å². The largest absolute Gasteiger partial charge is 0.317 e. The predicted molar refractivity (Wildman–Crippen MR) is 75.7 cm³/mol. The summed E-state index contributed by atoms with van der Waals surface area (Å²) in [6.07, 6.45) is 2.39. The number of rotatable bonds is 3. The third kappa shape index (κ3) is 3.67. The average molecular weight is 273 g/mol. The van der Waals surface area contributed by atoms with Gasteiger partial charge in [0.1, 0.15) is 5.82 Å². The van der Waals surface area contributed by atoms with Gasteiger partial charge in [-0.1, -0.05) is 12.1 Å². The van der Waals surface area contributed by atoms with E-state index in [1.54, 1.807) is 12.1 Å². The molecule has 1 N–H and O–H groups in total. The molecule has 1 aliphatic heterocycles. The highest BCUT2D eigenvalue weighted by atomic mass is 35.5. The molecule has 0 amide bonds. The first kappa shape index (κ1) is 15.4. The Bertz CT molecular complexity index is 347. The Balaban J connectivity index is 0.00000162. The molecule has 1 aromatic carbocycles. The van der Waals surface area contributed by atoms with Gasteiger partial charge in [0.25, 0.3) is 0 Å². The van der Waals surface area contributed by atoms with Gasteiger partial charge < -0.3 is 5.32 Å². The summed E-state index contributed by atoms with van der Waals surface area (Å²) >= 11 is 0. The van der Waals surface area contributed by atoms with Crippen LogP contribution in [0.1, 0.15) is 31.4 Å². The Hall–Kier alpha value is -0.640. The molecule has 2 nitrogen and oxygen atoms in total. The number of halogens is 2. The summed E-state index contributed by atoms with van der Waals surface area (Å²) < 4.78 is 12.9. The van der Waals surface area contributed by atoms with Crippen molar-refractivity contribution in [3.8, 4) is 0 Å². The number of likely N-dealkylation sites (tertiary alicyclic amines) is 1. The van der Waals surface area contributed by atoms with Gasteiger partial charge in [-0.3, -0.25) is 4.90 Å². The molecular weight excluding hydrogens is 251 g/mol. The minimum Gasteiger partial charge on any atom is -0.317 e. The smallest absolute Gasteiger partial charge is 0.123 e. The molecule has 1 heterocycles. The molecule has 2 rings (SSSR count). The van der Waals surface area contributed by atoms with E-state index in [4.69, 9.17) is 0 Å². The normalized spacial score (nSPS) is 19.3. The maximum absolute atomic E-state index is 12.9. The van der Waals surface area contributed by atoms with Gasteiger partial charge in [0.05, 0.1) is 0 Å². The molecular formula is C14H22ClFN2. The first-order chi connectivity index (χ1) is 8.20. The van der Waals surface area contributed by atoms with Gasteiger partial charge in [-0.2, -0.15) is 0 Å². The molecule has 1 aliphatic rings. The lowest BCUT2D eigenvalue weighted by molar-refractivity contribution is 0.155. The van der Waals surface area contributed by atoms with Crippen molar-refractivity contribution in [2.24, 2.45) is 0 Å². The summed E-state index contributed by atoms with van der Waals surface area (Å²) in [5.41, 5.74) is 1.20. The zero-order valence-corrected chi connectivity index (χ0v) is 11.8. The topological polar surface area (TPSA) is 15.3 Å². The Kier molecular flexibility index (Phi) is 6.06. The van der Waals surface area contributed by atoms with Crippen molar-refractivity contribution >= 4 is 12.4 Å². The fourth-order valence-electron chi connectivity index (χ4n) is 2.53.